The van der Waals surface area contributed by atoms with E-state index >= 15 is 0 Å². The lowest BCUT2D eigenvalue weighted by Gasteiger charge is -2.12. The third kappa shape index (κ3) is 5.98. The summed E-state index contributed by atoms with van der Waals surface area (Å²) in [6, 6.07) is 0. The third-order valence-corrected chi connectivity index (χ3v) is 4.31. The Morgan fingerprint density at radius 1 is 1.33 bits per heavy atom. The summed E-state index contributed by atoms with van der Waals surface area (Å²) in [6.07, 6.45) is 4.65. The maximum absolute atomic E-state index is 4.72. The van der Waals surface area contributed by atoms with E-state index in [1.54, 1.807) is 18.4 Å². The minimum absolute atomic E-state index is 0. The third-order valence-electron chi connectivity index (χ3n) is 3.36. The van der Waals surface area contributed by atoms with E-state index in [4.69, 9.17) is 4.98 Å². The maximum Gasteiger partial charge on any atom is 0.190 e. The summed E-state index contributed by atoms with van der Waals surface area (Å²) < 4.78 is 0. The van der Waals surface area contributed by atoms with Crippen molar-refractivity contribution in [2.24, 2.45) is 4.99 Å². The standard InChI is InChI=1S/C14H25N5S.HI/c1-3-7-16-13(15-2)17-8-6-12-11-20-14(18-12)19-9-4-5-10-19;/h11H,3-10H2,1-2H3,(H2,15,16,17);1H. The molecular weight excluding hydrogens is 397 g/mol. The van der Waals surface area contributed by atoms with Crippen molar-refractivity contribution in [2.75, 3.05) is 38.1 Å². The maximum atomic E-state index is 4.72. The number of thiazole rings is 1. The molecule has 1 fully saturated rings. The van der Waals surface area contributed by atoms with Crippen molar-refractivity contribution in [3.8, 4) is 0 Å². The van der Waals surface area contributed by atoms with Crippen molar-refractivity contribution in [3.05, 3.63) is 11.1 Å². The van der Waals surface area contributed by atoms with Crippen molar-refractivity contribution < 1.29 is 0 Å². The van der Waals surface area contributed by atoms with Gasteiger partial charge in [-0.3, -0.25) is 4.99 Å². The van der Waals surface area contributed by atoms with E-state index in [0.717, 1.165) is 31.9 Å². The van der Waals surface area contributed by atoms with Crippen LogP contribution in [0.15, 0.2) is 10.4 Å². The van der Waals surface area contributed by atoms with Crippen LogP contribution in [0, 0.1) is 0 Å². The molecule has 0 aliphatic carbocycles. The number of rotatable bonds is 6. The lowest BCUT2D eigenvalue weighted by molar-refractivity contribution is 0.768. The Balaban J connectivity index is 0.00000220. The number of nitrogens with one attached hydrogen (secondary N) is 2. The van der Waals surface area contributed by atoms with Crippen LogP contribution in [-0.2, 0) is 6.42 Å². The van der Waals surface area contributed by atoms with Crippen LogP contribution in [0.25, 0.3) is 0 Å². The second-order valence-electron chi connectivity index (χ2n) is 4.99. The van der Waals surface area contributed by atoms with Crippen LogP contribution in [-0.4, -0.2) is 44.2 Å². The number of anilines is 1. The second-order valence-corrected chi connectivity index (χ2v) is 5.83. The highest BCUT2D eigenvalue weighted by Crippen LogP contribution is 2.24. The first-order valence-corrected chi connectivity index (χ1v) is 8.35. The van der Waals surface area contributed by atoms with Crippen LogP contribution in [0.5, 0.6) is 0 Å². The van der Waals surface area contributed by atoms with Crippen LogP contribution >= 0.6 is 35.3 Å². The molecule has 21 heavy (non-hydrogen) atoms. The van der Waals surface area contributed by atoms with E-state index in [0.29, 0.717) is 0 Å². The van der Waals surface area contributed by atoms with Crippen LogP contribution < -0.4 is 15.5 Å². The van der Waals surface area contributed by atoms with E-state index in [1.165, 1.54) is 36.8 Å². The summed E-state index contributed by atoms with van der Waals surface area (Å²) >= 11 is 1.77. The van der Waals surface area contributed by atoms with Gasteiger partial charge in [0.1, 0.15) is 0 Å². The normalized spacial score (nSPS) is 15.0. The van der Waals surface area contributed by atoms with Gasteiger partial charge in [-0.05, 0) is 19.3 Å². The number of hydrogen-bond donors (Lipinski definition) is 2. The number of aromatic nitrogens is 1. The Morgan fingerprint density at radius 3 is 2.71 bits per heavy atom. The smallest absolute Gasteiger partial charge is 0.190 e. The average molecular weight is 423 g/mol. The second kappa shape index (κ2) is 10.2. The van der Waals surface area contributed by atoms with E-state index in [-0.39, 0.29) is 24.0 Å². The van der Waals surface area contributed by atoms with Gasteiger partial charge in [0.15, 0.2) is 11.1 Å². The molecule has 7 heteroatoms. The first-order valence-electron chi connectivity index (χ1n) is 7.47. The molecule has 2 rings (SSSR count). The molecule has 0 spiro atoms. The Bertz CT molecular complexity index is 429. The van der Waals surface area contributed by atoms with Crippen molar-refractivity contribution >= 4 is 46.4 Å². The summed E-state index contributed by atoms with van der Waals surface area (Å²) in [5.41, 5.74) is 1.18. The van der Waals surface area contributed by atoms with Gasteiger partial charge in [-0.15, -0.1) is 35.3 Å². The van der Waals surface area contributed by atoms with Crippen LogP contribution in [0.2, 0.25) is 0 Å². The van der Waals surface area contributed by atoms with Crippen LogP contribution in [0.3, 0.4) is 0 Å². The molecule has 5 nitrogen and oxygen atoms in total. The largest absolute Gasteiger partial charge is 0.356 e. The molecule has 1 aromatic rings. The monoisotopic (exact) mass is 423 g/mol. The van der Waals surface area contributed by atoms with Gasteiger partial charge in [-0.2, -0.15) is 0 Å². The number of hydrogen-bond acceptors (Lipinski definition) is 4. The fourth-order valence-corrected chi connectivity index (χ4v) is 3.15. The molecule has 0 radical (unpaired) electrons. The SMILES string of the molecule is CCCNC(=NC)NCCc1csc(N2CCCC2)n1.I. The molecule has 0 aromatic carbocycles. The summed E-state index contributed by atoms with van der Waals surface area (Å²) in [5.74, 6) is 0.877. The highest BCUT2D eigenvalue weighted by atomic mass is 127. The van der Waals surface area contributed by atoms with Gasteiger partial charge in [0.05, 0.1) is 5.69 Å². The van der Waals surface area contributed by atoms with Crippen molar-refractivity contribution in [1.82, 2.24) is 15.6 Å². The van der Waals surface area contributed by atoms with Crippen molar-refractivity contribution in [2.45, 2.75) is 32.6 Å². The number of halogens is 1. The van der Waals surface area contributed by atoms with Gasteiger partial charge < -0.3 is 15.5 Å². The molecule has 1 aromatic heterocycles. The van der Waals surface area contributed by atoms with Gasteiger partial charge >= 0.3 is 0 Å². The highest BCUT2D eigenvalue weighted by molar-refractivity contribution is 14.0. The summed E-state index contributed by atoms with van der Waals surface area (Å²) in [5, 5.41) is 9.95. The quantitative estimate of drug-likeness (QED) is 0.420. The molecule has 0 unspecified atom stereocenters. The Hall–Kier alpha value is -0.570. The molecule has 1 aliphatic rings. The number of nitrogens with zero attached hydrogens (tertiary/aromatic N) is 3. The molecule has 0 atom stereocenters. The molecule has 1 saturated heterocycles. The first kappa shape index (κ1) is 18.5. The van der Waals surface area contributed by atoms with Crippen molar-refractivity contribution in [1.29, 1.82) is 0 Å². The Morgan fingerprint density at radius 2 is 2.05 bits per heavy atom. The summed E-state index contributed by atoms with van der Waals surface area (Å²) in [7, 11) is 1.80. The molecular formula is C14H26IN5S. The minimum Gasteiger partial charge on any atom is -0.356 e. The van der Waals surface area contributed by atoms with Crippen LogP contribution in [0.1, 0.15) is 31.9 Å². The lowest BCUT2D eigenvalue weighted by atomic mass is 10.3. The van der Waals surface area contributed by atoms with Gasteiger partial charge in [0, 0.05) is 45.0 Å². The fourth-order valence-electron chi connectivity index (χ4n) is 2.24. The number of aliphatic imine (C=N–C) groups is 1. The van der Waals surface area contributed by atoms with E-state index in [2.05, 4.69) is 32.8 Å². The minimum atomic E-state index is 0. The summed E-state index contributed by atoms with van der Waals surface area (Å²) in [6.45, 7) is 6.30. The number of guanidine groups is 1. The van der Waals surface area contributed by atoms with Gasteiger partial charge in [0.2, 0.25) is 0 Å². The lowest BCUT2D eigenvalue weighted by Crippen LogP contribution is -2.38. The van der Waals surface area contributed by atoms with Gasteiger partial charge in [0.25, 0.3) is 0 Å². The summed E-state index contributed by atoms with van der Waals surface area (Å²) in [4.78, 5) is 11.3. The van der Waals surface area contributed by atoms with Gasteiger partial charge in [-0.25, -0.2) is 4.98 Å². The molecule has 120 valence electrons. The Labute approximate surface area is 148 Å². The molecule has 1 aliphatic heterocycles. The predicted octanol–water partition coefficient (Wildman–Crippen LogP) is 2.48. The van der Waals surface area contributed by atoms with Crippen molar-refractivity contribution in [3.63, 3.8) is 0 Å². The average Bonchev–Trinajstić information content (AvgIpc) is 3.13. The van der Waals surface area contributed by atoms with E-state index in [1.807, 2.05) is 0 Å². The predicted molar refractivity (Wildman–Crippen MR) is 102 cm³/mol. The van der Waals surface area contributed by atoms with Crippen LogP contribution in [0.4, 0.5) is 5.13 Å². The molecule has 2 N–H and O–H groups in total. The molecule has 0 amide bonds. The molecule has 0 saturated carbocycles. The molecule has 0 bridgehead atoms. The zero-order valence-electron chi connectivity index (χ0n) is 12.9. The highest BCUT2D eigenvalue weighted by Gasteiger charge is 2.15. The Kier molecular flexibility index (Phi) is 8.98. The van der Waals surface area contributed by atoms with Gasteiger partial charge in [-0.1, -0.05) is 6.92 Å². The zero-order valence-corrected chi connectivity index (χ0v) is 16.0. The van der Waals surface area contributed by atoms with E-state index < -0.39 is 0 Å². The topological polar surface area (TPSA) is 52.6 Å². The first-order chi connectivity index (χ1) is 9.83. The zero-order chi connectivity index (χ0) is 14.2. The molecule has 2 heterocycles. The van der Waals surface area contributed by atoms with E-state index in [9.17, 15) is 0 Å². The fraction of sp³-hybridized carbons (Fsp3) is 0.714.